The normalized spacial score (nSPS) is 11.3. The summed E-state index contributed by atoms with van der Waals surface area (Å²) in [6, 6.07) is 37.4. The monoisotopic (exact) mass is 475 g/mol. The molecule has 0 fully saturated rings. The Balaban J connectivity index is 1.69. The van der Waals surface area contributed by atoms with Gasteiger partial charge in [-0.05, 0) is 30.3 Å². The summed E-state index contributed by atoms with van der Waals surface area (Å²) < 4.78 is 3.19. The summed E-state index contributed by atoms with van der Waals surface area (Å²) in [5.41, 5.74) is 6.08. The van der Waals surface area contributed by atoms with Crippen molar-refractivity contribution in [3.8, 4) is 28.5 Å². The lowest BCUT2D eigenvalue weighted by Crippen LogP contribution is -2.03. The number of rotatable bonds is 3. The van der Waals surface area contributed by atoms with E-state index in [0.29, 0.717) is 5.95 Å². The van der Waals surface area contributed by atoms with Gasteiger partial charge in [0, 0.05) is 26.4 Å². The van der Waals surface area contributed by atoms with E-state index in [2.05, 4.69) is 99.4 Å². The first-order valence-electron chi connectivity index (χ1n) is 10.5. The molecule has 6 aromatic rings. The summed E-state index contributed by atoms with van der Waals surface area (Å²) in [6.45, 7) is 0. The maximum Gasteiger partial charge on any atom is 0.235 e. The lowest BCUT2D eigenvalue weighted by Gasteiger charge is -2.12. The van der Waals surface area contributed by atoms with Crippen LogP contribution in [0.3, 0.4) is 0 Å². The van der Waals surface area contributed by atoms with E-state index in [9.17, 15) is 0 Å². The van der Waals surface area contributed by atoms with Crippen molar-refractivity contribution in [2.45, 2.75) is 0 Å². The Morgan fingerprint density at radius 2 is 1.09 bits per heavy atom. The number of nitrogens with zero attached hydrogens (tertiary/aromatic N) is 3. The first-order chi connectivity index (χ1) is 15.8. The van der Waals surface area contributed by atoms with Gasteiger partial charge in [0.2, 0.25) is 5.95 Å². The molecule has 4 heteroatoms. The van der Waals surface area contributed by atoms with Crippen LogP contribution in [0, 0.1) is 0 Å². The van der Waals surface area contributed by atoms with Crippen molar-refractivity contribution < 1.29 is 0 Å². The average Bonchev–Trinajstić information content (AvgIpc) is 3.19. The van der Waals surface area contributed by atoms with E-state index in [0.717, 1.165) is 38.0 Å². The predicted molar refractivity (Wildman–Crippen MR) is 135 cm³/mol. The number of hydrogen-bond acceptors (Lipinski definition) is 2. The molecule has 0 N–H and O–H groups in total. The summed E-state index contributed by atoms with van der Waals surface area (Å²) in [4.78, 5) is 10.1. The number of aromatic nitrogens is 3. The molecule has 0 spiro atoms. The summed E-state index contributed by atoms with van der Waals surface area (Å²) in [7, 11) is 0. The van der Waals surface area contributed by atoms with E-state index in [-0.39, 0.29) is 0 Å². The van der Waals surface area contributed by atoms with Crippen LogP contribution in [0.2, 0.25) is 0 Å². The Hall–Kier alpha value is -3.76. The summed E-state index contributed by atoms with van der Waals surface area (Å²) in [5, 5.41) is 2.39. The van der Waals surface area contributed by atoms with E-state index in [4.69, 9.17) is 9.97 Å². The van der Waals surface area contributed by atoms with Crippen molar-refractivity contribution in [2.75, 3.05) is 0 Å². The summed E-state index contributed by atoms with van der Waals surface area (Å²) in [5.74, 6) is 0.665. The Morgan fingerprint density at radius 1 is 0.531 bits per heavy atom. The molecule has 0 unspecified atom stereocenters. The van der Waals surface area contributed by atoms with Gasteiger partial charge in [0.05, 0.1) is 22.4 Å². The molecule has 32 heavy (non-hydrogen) atoms. The Kier molecular flexibility index (Phi) is 4.58. The zero-order chi connectivity index (χ0) is 21.5. The molecule has 0 aliphatic carbocycles. The zero-order valence-corrected chi connectivity index (χ0v) is 18.7. The lowest BCUT2D eigenvalue weighted by molar-refractivity contribution is 0.995. The first kappa shape index (κ1) is 19.0. The minimum atomic E-state index is 0.665. The topological polar surface area (TPSA) is 30.7 Å². The maximum absolute atomic E-state index is 5.04. The number of halogens is 1. The highest BCUT2D eigenvalue weighted by molar-refractivity contribution is 9.10. The van der Waals surface area contributed by atoms with Crippen LogP contribution in [-0.2, 0) is 0 Å². The molecule has 0 amide bonds. The van der Waals surface area contributed by atoms with Gasteiger partial charge in [-0.2, -0.15) is 0 Å². The van der Waals surface area contributed by atoms with Crippen LogP contribution in [0.15, 0.2) is 114 Å². The molecule has 0 aliphatic heterocycles. The molecule has 3 nitrogen and oxygen atoms in total. The second-order valence-corrected chi connectivity index (χ2v) is 8.60. The highest BCUT2D eigenvalue weighted by Crippen LogP contribution is 2.33. The van der Waals surface area contributed by atoms with Gasteiger partial charge >= 0.3 is 0 Å². The Bertz CT molecular complexity index is 1530. The van der Waals surface area contributed by atoms with E-state index in [1.165, 1.54) is 10.8 Å². The van der Waals surface area contributed by atoms with E-state index in [1.807, 2.05) is 30.3 Å². The standard InChI is InChI=1S/C28H18BrN3/c29-21-12-8-11-20(17-21)25-18-24(19-9-2-1-3-10-19)30-28(31-25)32-26-15-6-4-13-22(26)23-14-5-7-16-27(23)32/h1-18H. The van der Waals surface area contributed by atoms with Gasteiger partial charge in [-0.1, -0.05) is 94.8 Å². The first-order valence-corrected chi connectivity index (χ1v) is 11.3. The molecule has 0 atom stereocenters. The van der Waals surface area contributed by atoms with Gasteiger partial charge in [-0.25, -0.2) is 9.97 Å². The zero-order valence-electron chi connectivity index (χ0n) is 17.1. The van der Waals surface area contributed by atoms with Crippen molar-refractivity contribution in [2.24, 2.45) is 0 Å². The molecule has 2 aromatic heterocycles. The van der Waals surface area contributed by atoms with Crippen LogP contribution in [-0.4, -0.2) is 14.5 Å². The molecule has 0 saturated carbocycles. The smallest absolute Gasteiger partial charge is 0.235 e. The molecule has 0 radical (unpaired) electrons. The van der Waals surface area contributed by atoms with Gasteiger partial charge < -0.3 is 0 Å². The number of hydrogen-bond donors (Lipinski definition) is 0. The number of fused-ring (bicyclic) bond motifs is 3. The quantitative estimate of drug-likeness (QED) is 0.262. The molecule has 0 bridgehead atoms. The summed E-state index contributed by atoms with van der Waals surface area (Å²) >= 11 is 3.60. The van der Waals surface area contributed by atoms with E-state index < -0.39 is 0 Å². The van der Waals surface area contributed by atoms with Crippen LogP contribution in [0.1, 0.15) is 0 Å². The molecular formula is C28H18BrN3. The molecule has 6 rings (SSSR count). The minimum absolute atomic E-state index is 0.665. The fraction of sp³-hybridized carbons (Fsp3) is 0. The molecule has 0 saturated heterocycles. The van der Waals surface area contributed by atoms with Crippen molar-refractivity contribution in [3.05, 3.63) is 114 Å². The highest BCUT2D eigenvalue weighted by atomic mass is 79.9. The second-order valence-electron chi connectivity index (χ2n) is 7.68. The van der Waals surface area contributed by atoms with Crippen LogP contribution in [0.5, 0.6) is 0 Å². The lowest BCUT2D eigenvalue weighted by atomic mass is 10.1. The van der Waals surface area contributed by atoms with Gasteiger partial charge in [0.25, 0.3) is 0 Å². The minimum Gasteiger partial charge on any atom is -0.278 e. The predicted octanol–water partition coefficient (Wildman–Crippen LogP) is 7.67. The van der Waals surface area contributed by atoms with Crippen LogP contribution in [0.25, 0.3) is 50.3 Å². The molecule has 4 aromatic carbocycles. The Morgan fingerprint density at radius 3 is 1.75 bits per heavy atom. The van der Waals surface area contributed by atoms with Crippen molar-refractivity contribution in [1.29, 1.82) is 0 Å². The van der Waals surface area contributed by atoms with E-state index >= 15 is 0 Å². The fourth-order valence-corrected chi connectivity index (χ4v) is 4.62. The Labute approximate surface area is 194 Å². The molecule has 0 aliphatic rings. The maximum atomic E-state index is 5.04. The van der Waals surface area contributed by atoms with Crippen molar-refractivity contribution >= 4 is 37.7 Å². The van der Waals surface area contributed by atoms with Gasteiger partial charge in [0.1, 0.15) is 0 Å². The number of benzene rings is 4. The summed E-state index contributed by atoms with van der Waals surface area (Å²) in [6.07, 6.45) is 0. The molecule has 2 heterocycles. The molecular weight excluding hydrogens is 458 g/mol. The van der Waals surface area contributed by atoms with Crippen molar-refractivity contribution in [3.63, 3.8) is 0 Å². The van der Waals surface area contributed by atoms with Crippen LogP contribution >= 0.6 is 15.9 Å². The SMILES string of the molecule is Brc1cccc(-c2cc(-c3ccccc3)nc(-n3c4ccccc4c4ccccc43)n2)c1. The van der Waals surface area contributed by atoms with Crippen LogP contribution < -0.4 is 0 Å². The average molecular weight is 476 g/mol. The highest BCUT2D eigenvalue weighted by Gasteiger charge is 2.16. The third kappa shape index (κ3) is 3.20. The largest absolute Gasteiger partial charge is 0.278 e. The fourth-order valence-electron chi connectivity index (χ4n) is 4.23. The van der Waals surface area contributed by atoms with E-state index in [1.54, 1.807) is 0 Å². The van der Waals surface area contributed by atoms with Gasteiger partial charge in [-0.15, -0.1) is 0 Å². The third-order valence-corrected chi connectivity index (χ3v) is 6.18. The molecule has 152 valence electrons. The van der Waals surface area contributed by atoms with Gasteiger partial charge in [-0.3, -0.25) is 4.57 Å². The van der Waals surface area contributed by atoms with Crippen molar-refractivity contribution in [1.82, 2.24) is 14.5 Å². The van der Waals surface area contributed by atoms with Gasteiger partial charge in [0.15, 0.2) is 0 Å². The van der Waals surface area contributed by atoms with Crippen LogP contribution in [0.4, 0.5) is 0 Å². The third-order valence-electron chi connectivity index (χ3n) is 5.68. The number of para-hydroxylation sites is 2. The second kappa shape index (κ2) is 7.74.